The van der Waals surface area contributed by atoms with Crippen LogP contribution in [0.5, 0.6) is 5.75 Å². The molecule has 0 fully saturated rings. The maximum Gasteiger partial charge on any atom is 0.231 e. The molecule has 0 saturated carbocycles. The van der Waals surface area contributed by atoms with E-state index < -0.39 is 0 Å². The zero-order valence-corrected chi connectivity index (χ0v) is 11.6. The first-order valence-corrected chi connectivity index (χ1v) is 6.88. The number of halogens is 1. The van der Waals surface area contributed by atoms with Gasteiger partial charge in [0.2, 0.25) is 5.91 Å². The quantitative estimate of drug-likeness (QED) is 0.917. The molecule has 0 aliphatic carbocycles. The lowest BCUT2D eigenvalue weighted by molar-refractivity contribution is -0.121. The van der Waals surface area contributed by atoms with Crippen LogP contribution in [0.4, 0.5) is 5.69 Å². The molecule has 0 saturated heterocycles. The first-order chi connectivity index (χ1) is 9.74. The lowest BCUT2D eigenvalue weighted by Crippen LogP contribution is -2.32. The minimum atomic E-state index is -0.193. The molecule has 3 rings (SSSR count). The van der Waals surface area contributed by atoms with Crippen LogP contribution >= 0.6 is 11.6 Å². The maximum absolute atomic E-state index is 12.3. The topological polar surface area (TPSA) is 38.3 Å². The second-order valence-electron chi connectivity index (χ2n) is 4.79. The summed E-state index contributed by atoms with van der Waals surface area (Å²) < 4.78 is 5.63. The number of fused-ring (bicyclic) bond motifs is 1. The van der Waals surface area contributed by atoms with E-state index in [1.165, 1.54) is 0 Å². The maximum atomic E-state index is 12.3. The Morgan fingerprint density at radius 2 is 1.90 bits per heavy atom. The smallest absolute Gasteiger partial charge is 0.231 e. The van der Waals surface area contributed by atoms with Crippen molar-refractivity contribution in [2.24, 2.45) is 5.92 Å². The molecular formula is C16H14ClNO2. The Morgan fingerprint density at radius 3 is 2.75 bits per heavy atom. The van der Waals surface area contributed by atoms with Crippen molar-refractivity contribution in [3.05, 3.63) is 59.1 Å². The van der Waals surface area contributed by atoms with E-state index in [1.807, 2.05) is 36.4 Å². The fraction of sp³-hybridized carbons (Fsp3) is 0.188. The number of anilines is 1. The molecule has 4 heteroatoms. The molecule has 0 bridgehead atoms. The van der Waals surface area contributed by atoms with Gasteiger partial charge in [0.1, 0.15) is 12.4 Å². The normalized spacial score (nSPS) is 16.9. The van der Waals surface area contributed by atoms with Gasteiger partial charge in [0.25, 0.3) is 0 Å². The lowest BCUT2D eigenvalue weighted by atomic mass is 9.96. The molecule has 0 unspecified atom stereocenters. The molecule has 2 aromatic carbocycles. The molecule has 1 heterocycles. The van der Waals surface area contributed by atoms with E-state index in [0.717, 1.165) is 11.3 Å². The summed E-state index contributed by atoms with van der Waals surface area (Å²) in [4.78, 5) is 12.3. The zero-order chi connectivity index (χ0) is 13.9. The van der Waals surface area contributed by atoms with Crippen molar-refractivity contribution in [2.75, 3.05) is 11.9 Å². The van der Waals surface area contributed by atoms with E-state index in [1.54, 1.807) is 12.1 Å². The Bertz CT molecular complexity index is 642. The summed E-state index contributed by atoms with van der Waals surface area (Å²) in [5.74, 6) is 0.614. The fourth-order valence-corrected chi connectivity index (χ4v) is 2.48. The average Bonchev–Trinajstić information content (AvgIpc) is 2.49. The van der Waals surface area contributed by atoms with E-state index in [4.69, 9.17) is 16.3 Å². The van der Waals surface area contributed by atoms with E-state index in [2.05, 4.69) is 5.32 Å². The lowest BCUT2D eigenvalue weighted by Gasteiger charge is -2.24. The van der Waals surface area contributed by atoms with Crippen LogP contribution in [0.3, 0.4) is 0 Å². The Balaban J connectivity index is 1.72. The third-order valence-electron chi connectivity index (χ3n) is 3.38. The van der Waals surface area contributed by atoms with Gasteiger partial charge >= 0.3 is 0 Å². The Labute approximate surface area is 122 Å². The Hall–Kier alpha value is -2.00. The van der Waals surface area contributed by atoms with Crippen molar-refractivity contribution in [3.8, 4) is 5.75 Å². The van der Waals surface area contributed by atoms with Crippen molar-refractivity contribution in [1.29, 1.82) is 0 Å². The van der Waals surface area contributed by atoms with Crippen LogP contribution in [0.2, 0.25) is 5.02 Å². The van der Waals surface area contributed by atoms with Gasteiger partial charge < -0.3 is 10.1 Å². The third-order valence-corrected chi connectivity index (χ3v) is 3.71. The predicted molar refractivity (Wildman–Crippen MR) is 79.2 cm³/mol. The van der Waals surface area contributed by atoms with Crippen LogP contribution < -0.4 is 10.1 Å². The van der Waals surface area contributed by atoms with Gasteiger partial charge in [0, 0.05) is 0 Å². The van der Waals surface area contributed by atoms with Gasteiger partial charge in [-0.25, -0.2) is 0 Å². The molecule has 102 valence electrons. The Kier molecular flexibility index (Phi) is 3.61. The molecule has 3 nitrogen and oxygen atoms in total. The van der Waals surface area contributed by atoms with Crippen LogP contribution in [0, 0.1) is 5.92 Å². The Morgan fingerprint density at radius 1 is 1.15 bits per heavy atom. The first-order valence-electron chi connectivity index (χ1n) is 6.50. The van der Waals surface area contributed by atoms with Crippen LogP contribution in [-0.4, -0.2) is 12.5 Å². The number of nitrogens with one attached hydrogen (secondary N) is 1. The van der Waals surface area contributed by atoms with E-state index in [-0.39, 0.29) is 11.8 Å². The number of benzene rings is 2. The summed E-state index contributed by atoms with van der Waals surface area (Å²) in [5.41, 5.74) is 1.70. The van der Waals surface area contributed by atoms with Crippen molar-refractivity contribution < 1.29 is 9.53 Å². The van der Waals surface area contributed by atoms with Crippen LogP contribution in [0.15, 0.2) is 48.5 Å². The second kappa shape index (κ2) is 5.55. The molecule has 1 aliphatic rings. The van der Waals surface area contributed by atoms with Gasteiger partial charge in [-0.1, -0.05) is 41.9 Å². The largest absolute Gasteiger partial charge is 0.492 e. The van der Waals surface area contributed by atoms with Crippen molar-refractivity contribution in [3.63, 3.8) is 0 Å². The monoisotopic (exact) mass is 287 g/mol. The minimum Gasteiger partial charge on any atom is -0.492 e. The number of ether oxygens (including phenoxy) is 1. The summed E-state index contributed by atoms with van der Waals surface area (Å²) in [5, 5.41) is 3.40. The van der Waals surface area contributed by atoms with E-state index in [0.29, 0.717) is 23.7 Å². The third kappa shape index (κ3) is 2.63. The number of carbonyl (C=O) groups excluding carboxylic acids is 1. The minimum absolute atomic E-state index is 0.0624. The summed E-state index contributed by atoms with van der Waals surface area (Å²) in [6.07, 6.45) is 0.687. The summed E-state index contributed by atoms with van der Waals surface area (Å²) in [6, 6.07) is 15.0. The molecule has 1 N–H and O–H groups in total. The average molecular weight is 288 g/mol. The van der Waals surface area contributed by atoms with Crippen LogP contribution in [-0.2, 0) is 11.2 Å². The fourth-order valence-electron chi connectivity index (χ4n) is 2.29. The number of para-hydroxylation sites is 2. The molecule has 1 aliphatic heterocycles. The van der Waals surface area contributed by atoms with Crippen LogP contribution in [0.1, 0.15) is 5.56 Å². The summed E-state index contributed by atoms with van der Waals surface area (Å²) in [6.45, 7) is 0.396. The van der Waals surface area contributed by atoms with E-state index >= 15 is 0 Å². The summed E-state index contributed by atoms with van der Waals surface area (Å²) in [7, 11) is 0. The van der Waals surface area contributed by atoms with Gasteiger partial charge in [0.05, 0.1) is 16.6 Å². The first kappa shape index (κ1) is 13.0. The zero-order valence-electron chi connectivity index (χ0n) is 10.8. The molecule has 0 spiro atoms. The predicted octanol–water partition coefficient (Wildman–Crippen LogP) is 3.53. The van der Waals surface area contributed by atoms with Crippen LogP contribution in [0.25, 0.3) is 0 Å². The number of hydrogen-bond donors (Lipinski definition) is 1. The standard InChI is InChI=1S/C16H14ClNO2/c17-13-6-2-3-7-14(13)18-16(19)12-9-11-5-1-4-8-15(11)20-10-12/h1-8,12H,9-10H2,(H,18,19)/t12-/m1/s1. The number of rotatable bonds is 2. The highest BCUT2D eigenvalue weighted by atomic mass is 35.5. The van der Waals surface area contributed by atoms with E-state index in [9.17, 15) is 4.79 Å². The number of amides is 1. The van der Waals surface area contributed by atoms with Crippen molar-refractivity contribution >= 4 is 23.2 Å². The molecule has 1 amide bonds. The highest BCUT2D eigenvalue weighted by molar-refractivity contribution is 6.33. The van der Waals surface area contributed by atoms with Gasteiger partial charge in [-0.15, -0.1) is 0 Å². The highest BCUT2D eigenvalue weighted by Gasteiger charge is 2.26. The molecule has 20 heavy (non-hydrogen) atoms. The molecule has 1 atom stereocenters. The van der Waals surface area contributed by atoms with Crippen molar-refractivity contribution in [2.45, 2.75) is 6.42 Å². The van der Waals surface area contributed by atoms with Crippen molar-refractivity contribution in [1.82, 2.24) is 0 Å². The molecule has 0 aromatic heterocycles. The number of carbonyl (C=O) groups is 1. The van der Waals surface area contributed by atoms with Gasteiger partial charge in [-0.05, 0) is 30.2 Å². The highest BCUT2D eigenvalue weighted by Crippen LogP contribution is 2.28. The molecule has 2 aromatic rings. The SMILES string of the molecule is O=C(Nc1ccccc1Cl)[C@H]1COc2ccccc2C1. The molecule has 0 radical (unpaired) electrons. The second-order valence-corrected chi connectivity index (χ2v) is 5.20. The van der Waals surface area contributed by atoms with Gasteiger partial charge in [-0.3, -0.25) is 4.79 Å². The van der Waals surface area contributed by atoms with Gasteiger partial charge in [0.15, 0.2) is 0 Å². The number of hydrogen-bond acceptors (Lipinski definition) is 2. The molecular weight excluding hydrogens is 274 g/mol. The van der Waals surface area contributed by atoms with Gasteiger partial charge in [-0.2, -0.15) is 0 Å². The summed E-state index contributed by atoms with van der Waals surface area (Å²) >= 11 is 6.04.